The molecular formula is C24H28N2O3. The number of amides is 1. The average Bonchev–Trinajstić information content (AvgIpc) is 3.21. The van der Waals surface area contributed by atoms with E-state index in [-0.39, 0.29) is 12.0 Å². The van der Waals surface area contributed by atoms with Gasteiger partial charge in [0.1, 0.15) is 11.9 Å². The molecule has 4 rings (SSSR count). The monoisotopic (exact) mass is 392 g/mol. The third-order valence-electron chi connectivity index (χ3n) is 5.69. The molecule has 29 heavy (non-hydrogen) atoms. The molecule has 0 spiro atoms. The summed E-state index contributed by atoms with van der Waals surface area (Å²) in [6.45, 7) is 6.00. The molecule has 0 aliphatic carbocycles. The molecule has 1 aliphatic heterocycles. The van der Waals surface area contributed by atoms with Crippen molar-refractivity contribution in [3.05, 3.63) is 64.8 Å². The second-order valence-corrected chi connectivity index (χ2v) is 7.86. The van der Waals surface area contributed by atoms with Crippen LogP contribution in [0.15, 0.2) is 42.5 Å². The Labute approximate surface area is 171 Å². The summed E-state index contributed by atoms with van der Waals surface area (Å²) in [5.74, 6) is 1.01. The van der Waals surface area contributed by atoms with Gasteiger partial charge >= 0.3 is 0 Å². The Kier molecular flexibility index (Phi) is 5.33. The van der Waals surface area contributed by atoms with E-state index in [0.29, 0.717) is 13.2 Å². The molecule has 5 nitrogen and oxygen atoms in total. The fraction of sp³-hybridized carbons (Fsp3) is 0.375. The molecule has 3 aromatic rings. The minimum absolute atomic E-state index is 0.0417. The quantitative estimate of drug-likeness (QED) is 0.632. The van der Waals surface area contributed by atoms with Gasteiger partial charge in [-0.25, -0.2) is 0 Å². The number of carbonyl (C=O) groups is 1. The van der Waals surface area contributed by atoms with Crippen LogP contribution in [0, 0.1) is 6.92 Å². The van der Waals surface area contributed by atoms with Crippen LogP contribution < -0.4 is 4.74 Å². The fourth-order valence-corrected chi connectivity index (χ4v) is 4.28. The van der Waals surface area contributed by atoms with E-state index in [2.05, 4.69) is 29.7 Å². The molecule has 2 aromatic carbocycles. The number of ether oxygens (including phenoxy) is 2. The van der Waals surface area contributed by atoms with E-state index in [1.54, 1.807) is 12.0 Å². The van der Waals surface area contributed by atoms with Crippen LogP contribution in [0.2, 0.25) is 0 Å². The highest BCUT2D eigenvalue weighted by molar-refractivity contribution is 6.08. The van der Waals surface area contributed by atoms with Gasteiger partial charge in [0.2, 0.25) is 0 Å². The van der Waals surface area contributed by atoms with Gasteiger partial charge < -0.3 is 18.9 Å². The molecule has 0 saturated carbocycles. The molecular weight excluding hydrogens is 364 g/mol. The SMILES string of the molecule is COCCn1c(C)c(C(=O)N(C)Cc2ccc3c(c2)CC(C)O3)c2ccccc21. The van der Waals surface area contributed by atoms with E-state index in [9.17, 15) is 4.79 Å². The molecule has 0 saturated heterocycles. The molecule has 2 heterocycles. The van der Waals surface area contributed by atoms with Crippen LogP contribution in [-0.2, 0) is 24.2 Å². The second kappa shape index (κ2) is 7.91. The molecule has 0 fully saturated rings. The molecule has 152 valence electrons. The van der Waals surface area contributed by atoms with Crippen LogP contribution in [-0.4, -0.2) is 42.2 Å². The van der Waals surface area contributed by atoms with Crippen molar-refractivity contribution in [2.24, 2.45) is 0 Å². The standard InChI is InChI=1S/C24H28N2O3/c1-16-13-19-14-18(9-10-22(19)29-16)15-25(3)24(27)23-17(2)26(11-12-28-4)21-8-6-5-7-20(21)23/h5-10,14,16H,11-13,15H2,1-4H3. The number of rotatable bonds is 6. The number of hydrogen-bond donors (Lipinski definition) is 0. The van der Waals surface area contributed by atoms with Gasteiger partial charge in [0.15, 0.2) is 0 Å². The zero-order chi connectivity index (χ0) is 20.5. The molecule has 1 amide bonds. The Morgan fingerprint density at radius 3 is 2.86 bits per heavy atom. The van der Waals surface area contributed by atoms with E-state index in [1.807, 2.05) is 38.2 Å². The first-order valence-corrected chi connectivity index (χ1v) is 10.1. The summed E-state index contributed by atoms with van der Waals surface area (Å²) in [6, 6.07) is 14.3. The topological polar surface area (TPSA) is 43.7 Å². The minimum Gasteiger partial charge on any atom is -0.490 e. The van der Waals surface area contributed by atoms with Crippen LogP contribution in [0.1, 0.15) is 34.1 Å². The molecule has 1 atom stereocenters. The number of benzene rings is 2. The van der Waals surface area contributed by atoms with E-state index in [1.165, 1.54) is 5.56 Å². The molecule has 1 aromatic heterocycles. The van der Waals surface area contributed by atoms with E-state index in [4.69, 9.17) is 9.47 Å². The van der Waals surface area contributed by atoms with Crippen molar-refractivity contribution < 1.29 is 14.3 Å². The predicted octanol–water partition coefficient (Wildman–Crippen LogP) is 4.19. The van der Waals surface area contributed by atoms with Gasteiger partial charge in [-0.15, -0.1) is 0 Å². The first kappa shape index (κ1) is 19.5. The summed E-state index contributed by atoms with van der Waals surface area (Å²) in [6.07, 6.45) is 1.15. The third-order valence-corrected chi connectivity index (χ3v) is 5.69. The summed E-state index contributed by atoms with van der Waals surface area (Å²) in [4.78, 5) is 15.2. The highest BCUT2D eigenvalue weighted by Gasteiger charge is 2.23. The normalized spacial score (nSPS) is 15.4. The van der Waals surface area contributed by atoms with Gasteiger partial charge in [0.25, 0.3) is 5.91 Å². The van der Waals surface area contributed by atoms with Crippen LogP contribution in [0.3, 0.4) is 0 Å². The first-order chi connectivity index (χ1) is 14.0. The van der Waals surface area contributed by atoms with Gasteiger partial charge in [-0.05, 0) is 37.1 Å². The van der Waals surface area contributed by atoms with E-state index < -0.39 is 0 Å². The van der Waals surface area contributed by atoms with Crippen molar-refractivity contribution in [1.29, 1.82) is 0 Å². The lowest BCUT2D eigenvalue weighted by molar-refractivity contribution is 0.0785. The van der Waals surface area contributed by atoms with E-state index >= 15 is 0 Å². The zero-order valence-corrected chi connectivity index (χ0v) is 17.6. The minimum atomic E-state index is 0.0417. The lowest BCUT2D eigenvalue weighted by Gasteiger charge is -2.18. The molecule has 1 aliphatic rings. The lowest BCUT2D eigenvalue weighted by atomic mass is 10.1. The zero-order valence-electron chi connectivity index (χ0n) is 17.6. The fourth-order valence-electron chi connectivity index (χ4n) is 4.28. The highest BCUT2D eigenvalue weighted by Crippen LogP contribution is 2.30. The number of nitrogens with zero attached hydrogens (tertiary/aromatic N) is 2. The van der Waals surface area contributed by atoms with Crippen molar-refractivity contribution >= 4 is 16.8 Å². The second-order valence-electron chi connectivity index (χ2n) is 7.86. The molecule has 1 unspecified atom stereocenters. The molecule has 0 bridgehead atoms. The number of hydrogen-bond acceptors (Lipinski definition) is 3. The van der Waals surface area contributed by atoms with E-state index in [0.717, 1.165) is 46.4 Å². The lowest BCUT2D eigenvalue weighted by Crippen LogP contribution is -2.27. The number of aromatic nitrogens is 1. The van der Waals surface area contributed by atoms with Crippen molar-refractivity contribution in [2.45, 2.75) is 39.5 Å². The van der Waals surface area contributed by atoms with Gasteiger partial charge in [-0.3, -0.25) is 4.79 Å². The maximum absolute atomic E-state index is 13.4. The smallest absolute Gasteiger partial charge is 0.256 e. The van der Waals surface area contributed by atoms with Gasteiger partial charge in [-0.2, -0.15) is 0 Å². The van der Waals surface area contributed by atoms with Crippen molar-refractivity contribution in [1.82, 2.24) is 9.47 Å². The maximum Gasteiger partial charge on any atom is 0.256 e. The highest BCUT2D eigenvalue weighted by atomic mass is 16.5. The third kappa shape index (κ3) is 3.62. The average molecular weight is 392 g/mol. The van der Waals surface area contributed by atoms with Crippen molar-refractivity contribution in [3.8, 4) is 5.75 Å². The summed E-state index contributed by atoms with van der Waals surface area (Å²) >= 11 is 0. The number of methoxy groups -OCH3 is 1. The Hall–Kier alpha value is -2.79. The van der Waals surface area contributed by atoms with Crippen LogP contribution in [0.4, 0.5) is 0 Å². The molecule has 0 N–H and O–H groups in total. The Bertz CT molecular complexity index is 1050. The maximum atomic E-state index is 13.4. The van der Waals surface area contributed by atoms with Crippen molar-refractivity contribution in [3.63, 3.8) is 0 Å². The number of carbonyl (C=O) groups excluding carboxylic acids is 1. The summed E-state index contributed by atoms with van der Waals surface area (Å²) in [5, 5.41) is 0.995. The van der Waals surface area contributed by atoms with Crippen LogP contribution >= 0.6 is 0 Å². The molecule has 5 heteroatoms. The Morgan fingerprint density at radius 2 is 2.07 bits per heavy atom. The summed E-state index contributed by atoms with van der Waals surface area (Å²) in [5.41, 5.74) is 5.18. The van der Waals surface area contributed by atoms with Crippen LogP contribution in [0.25, 0.3) is 10.9 Å². The Balaban J connectivity index is 1.62. The largest absolute Gasteiger partial charge is 0.490 e. The predicted molar refractivity (Wildman–Crippen MR) is 115 cm³/mol. The summed E-state index contributed by atoms with van der Waals surface area (Å²) < 4.78 is 13.2. The molecule has 0 radical (unpaired) electrons. The number of fused-ring (bicyclic) bond motifs is 2. The first-order valence-electron chi connectivity index (χ1n) is 10.1. The summed E-state index contributed by atoms with van der Waals surface area (Å²) in [7, 11) is 3.57. The van der Waals surface area contributed by atoms with Crippen molar-refractivity contribution in [2.75, 3.05) is 20.8 Å². The number of para-hydroxylation sites is 1. The Morgan fingerprint density at radius 1 is 1.28 bits per heavy atom. The van der Waals surface area contributed by atoms with Crippen LogP contribution in [0.5, 0.6) is 5.75 Å². The van der Waals surface area contributed by atoms with Gasteiger partial charge in [-0.1, -0.05) is 30.3 Å². The van der Waals surface area contributed by atoms with Gasteiger partial charge in [0.05, 0.1) is 12.2 Å². The van der Waals surface area contributed by atoms with Gasteiger partial charge in [0, 0.05) is 50.3 Å².